The number of pyridine rings is 1. The smallest absolute Gasteiger partial charge is 0.258 e. The van der Waals surface area contributed by atoms with Crippen LogP contribution in [0.2, 0.25) is 0 Å². The zero-order valence-electron chi connectivity index (χ0n) is 12.6. The largest absolute Gasteiger partial charge is 0.334 e. The molecule has 2 N–H and O–H groups in total. The summed E-state index contributed by atoms with van der Waals surface area (Å²) >= 11 is 3.44. The molecule has 0 aliphatic rings. The number of nitrogens with one attached hydrogen (secondary N) is 2. The van der Waals surface area contributed by atoms with Crippen molar-refractivity contribution in [2.45, 2.75) is 19.4 Å². The summed E-state index contributed by atoms with van der Waals surface area (Å²) in [6.45, 7) is 2.04. The van der Waals surface area contributed by atoms with Crippen LogP contribution >= 0.6 is 28.3 Å². The van der Waals surface area contributed by atoms with Gasteiger partial charge in [-0.2, -0.15) is 4.98 Å². The Kier molecular flexibility index (Phi) is 5.56. The van der Waals surface area contributed by atoms with Crippen molar-refractivity contribution in [2.24, 2.45) is 0 Å². The molecule has 0 bridgehead atoms. The van der Waals surface area contributed by atoms with Crippen molar-refractivity contribution in [3.05, 3.63) is 44.9 Å². The molecule has 0 aliphatic carbocycles. The van der Waals surface area contributed by atoms with Crippen molar-refractivity contribution < 1.29 is 4.52 Å². The molecule has 2 heterocycles. The number of benzene rings is 1. The fraction of sp³-hybridized carbons (Fsp3) is 0.267. The van der Waals surface area contributed by atoms with E-state index in [-0.39, 0.29) is 24.0 Å². The highest BCUT2D eigenvalue weighted by Gasteiger charge is 2.15. The van der Waals surface area contributed by atoms with Crippen LogP contribution in [0.15, 0.2) is 38.1 Å². The van der Waals surface area contributed by atoms with Gasteiger partial charge in [-0.05, 0) is 32.2 Å². The molecule has 0 aliphatic heterocycles. The van der Waals surface area contributed by atoms with Crippen LogP contribution in [-0.4, -0.2) is 28.2 Å². The summed E-state index contributed by atoms with van der Waals surface area (Å²) in [6.07, 6.45) is 0.658. The Morgan fingerprint density at radius 2 is 2.17 bits per heavy atom. The van der Waals surface area contributed by atoms with Gasteiger partial charge >= 0.3 is 0 Å². The molecule has 0 spiro atoms. The van der Waals surface area contributed by atoms with Crippen LogP contribution in [0.5, 0.6) is 0 Å². The third-order valence-electron chi connectivity index (χ3n) is 3.49. The van der Waals surface area contributed by atoms with Crippen LogP contribution in [-0.2, 0) is 6.42 Å². The quantitative estimate of drug-likeness (QED) is 0.705. The molecular weight excluding hydrogens is 384 g/mol. The fourth-order valence-electron chi connectivity index (χ4n) is 2.23. The Labute approximate surface area is 147 Å². The summed E-state index contributed by atoms with van der Waals surface area (Å²) in [5, 5.41) is 7.97. The first-order chi connectivity index (χ1) is 10.6. The Bertz CT molecular complexity index is 877. The molecule has 8 heteroatoms. The molecular formula is C15H16BrClN4O2. The lowest BCUT2D eigenvalue weighted by molar-refractivity contribution is 0.418. The highest BCUT2D eigenvalue weighted by Crippen LogP contribution is 2.27. The molecule has 3 aromatic rings. The van der Waals surface area contributed by atoms with Gasteiger partial charge in [-0.1, -0.05) is 21.1 Å². The van der Waals surface area contributed by atoms with Gasteiger partial charge in [0.05, 0.1) is 5.56 Å². The van der Waals surface area contributed by atoms with E-state index in [9.17, 15) is 4.79 Å². The number of aromatic nitrogens is 3. The van der Waals surface area contributed by atoms with E-state index in [1.165, 1.54) is 6.07 Å². The molecule has 3 rings (SSSR count). The van der Waals surface area contributed by atoms with E-state index in [1.807, 2.05) is 32.2 Å². The second-order valence-corrected chi connectivity index (χ2v) is 6.06. The van der Waals surface area contributed by atoms with Gasteiger partial charge in [0.2, 0.25) is 5.56 Å². The summed E-state index contributed by atoms with van der Waals surface area (Å²) in [5.74, 6) is 0.966. The minimum absolute atomic E-state index is 0. The number of hydrogen-bond donors (Lipinski definition) is 2. The van der Waals surface area contributed by atoms with Gasteiger partial charge < -0.3 is 14.8 Å². The summed E-state index contributed by atoms with van der Waals surface area (Å²) in [5.41, 5.74) is 1.16. The number of rotatable bonds is 4. The van der Waals surface area contributed by atoms with E-state index in [0.717, 1.165) is 15.4 Å². The van der Waals surface area contributed by atoms with E-state index < -0.39 is 0 Å². The molecule has 1 atom stereocenters. The van der Waals surface area contributed by atoms with Crippen LogP contribution in [0.25, 0.3) is 22.4 Å². The van der Waals surface area contributed by atoms with Crippen LogP contribution < -0.4 is 10.9 Å². The Morgan fingerprint density at radius 1 is 1.39 bits per heavy atom. The molecule has 0 amide bonds. The van der Waals surface area contributed by atoms with E-state index in [1.54, 1.807) is 0 Å². The lowest BCUT2D eigenvalue weighted by Crippen LogP contribution is -2.24. The van der Waals surface area contributed by atoms with E-state index in [0.29, 0.717) is 23.7 Å². The molecule has 1 aromatic carbocycles. The van der Waals surface area contributed by atoms with Gasteiger partial charge in [-0.15, -0.1) is 12.4 Å². The predicted molar refractivity (Wildman–Crippen MR) is 95.0 cm³/mol. The van der Waals surface area contributed by atoms with Crippen molar-refractivity contribution in [1.82, 2.24) is 20.4 Å². The molecule has 0 saturated carbocycles. The van der Waals surface area contributed by atoms with E-state index in [4.69, 9.17) is 4.52 Å². The van der Waals surface area contributed by atoms with Crippen molar-refractivity contribution in [3.63, 3.8) is 0 Å². The second-order valence-electron chi connectivity index (χ2n) is 5.15. The molecule has 23 heavy (non-hydrogen) atoms. The van der Waals surface area contributed by atoms with Crippen LogP contribution in [0.4, 0.5) is 0 Å². The van der Waals surface area contributed by atoms with Crippen LogP contribution in [0, 0.1) is 0 Å². The zero-order valence-corrected chi connectivity index (χ0v) is 15.0. The predicted octanol–water partition coefficient (Wildman–Crippen LogP) is 2.91. The summed E-state index contributed by atoms with van der Waals surface area (Å²) in [4.78, 5) is 19.0. The van der Waals surface area contributed by atoms with E-state index in [2.05, 4.69) is 36.4 Å². The molecule has 1 unspecified atom stereocenters. The number of nitrogens with zero attached hydrogens (tertiary/aromatic N) is 2. The number of halogens is 2. The Hall–Kier alpha value is -1.70. The molecule has 0 fully saturated rings. The topological polar surface area (TPSA) is 83.8 Å². The van der Waals surface area contributed by atoms with Crippen molar-refractivity contribution >= 4 is 39.2 Å². The van der Waals surface area contributed by atoms with Crippen molar-refractivity contribution in [3.8, 4) is 11.5 Å². The lowest BCUT2D eigenvalue weighted by Gasteiger charge is -2.05. The van der Waals surface area contributed by atoms with Crippen LogP contribution in [0.3, 0.4) is 0 Å². The minimum Gasteiger partial charge on any atom is -0.334 e. The first-order valence-electron chi connectivity index (χ1n) is 6.89. The van der Waals surface area contributed by atoms with Gasteiger partial charge in [0, 0.05) is 33.9 Å². The Morgan fingerprint density at radius 3 is 2.91 bits per heavy atom. The summed E-state index contributed by atoms with van der Waals surface area (Å²) < 4.78 is 6.26. The number of aromatic amines is 1. The SMILES string of the molecule is CNC(C)Cc1noc(-c2cc(=O)[nH]c3ccc(Br)cc23)n1.Cl. The maximum Gasteiger partial charge on any atom is 0.258 e. The number of likely N-dealkylation sites (N-methyl/N-ethyl adjacent to an activating group) is 1. The average molecular weight is 400 g/mol. The van der Waals surface area contributed by atoms with Crippen LogP contribution in [0.1, 0.15) is 12.7 Å². The van der Waals surface area contributed by atoms with E-state index >= 15 is 0 Å². The Balaban J connectivity index is 0.00000192. The maximum atomic E-state index is 11.8. The van der Waals surface area contributed by atoms with Gasteiger partial charge in [0.15, 0.2) is 5.82 Å². The normalized spacial score (nSPS) is 12.1. The summed E-state index contributed by atoms with van der Waals surface area (Å²) in [6, 6.07) is 7.35. The molecule has 0 saturated heterocycles. The third kappa shape index (κ3) is 3.80. The van der Waals surface area contributed by atoms with Gasteiger partial charge in [0.1, 0.15) is 0 Å². The fourth-order valence-corrected chi connectivity index (χ4v) is 2.59. The second kappa shape index (κ2) is 7.25. The minimum atomic E-state index is -0.201. The van der Waals surface area contributed by atoms with Crippen molar-refractivity contribution in [1.29, 1.82) is 0 Å². The molecule has 0 radical (unpaired) electrons. The lowest BCUT2D eigenvalue weighted by atomic mass is 10.1. The zero-order chi connectivity index (χ0) is 15.7. The van der Waals surface area contributed by atoms with Crippen molar-refractivity contribution in [2.75, 3.05) is 7.05 Å². The van der Waals surface area contributed by atoms with Gasteiger partial charge in [-0.3, -0.25) is 4.79 Å². The number of fused-ring (bicyclic) bond motifs is 1. The highest BCUT2D eigenvalue weighted by atomic mass is 79.9. The third-order valence-corrected chi connectivity index (χ3v) is 3.98. The number of H-pyrrole nitrogens is 1. The molecule has 2 aromatic heterocycles. The maximum absolute atomic E-state index is 11.8. The summed E-state index contributed by atoms with van der Waals surface area (Å²) in [7, 11) is 1.88. The first kappa shape index (κ1) is 17.7. The number of hydrogen-bond acceptors (Lipinski definition) is 5. The first-order valence-corrected chi connectivity index (χ1v) is 7.69. The highest BCUT2D eigenvalue weighted by molar-refractivity contribution is 9.10. The molecule has 6 nitrogen and oxygen atoms in total. The standard InChI is InChI=1S/C15H15BrN4O2.ClH/c1-8(17-2)5-13-19-15(22-20-13)11-7-14(21)18-12-4-3-9(16)6-10(11)12;/h3-4,6-8,17H,5H2,1-2H3,(H,18,21);1H. The van der Waals surface area contributed by atoms with Gasteiger partial charge in [-0.25, -0.2) is 0 Å². The average Bonchev–Trinajstić information content (AvgIpc) is 2.95. The molecule has 122 valence electrons. The monoisotopic (exact) mass is 398 g/mol. The van der Waals surface area contributed by atoms with Gasteiger partial charge in [0.25, 0.3) is 5.89 Å².